The molecule has 0 saturated heterocycles. The fourth-order valence-electron chi connectivity index (χ4n) is 6.20. The van der Waals surface area contributed by atoms with Crippen LogP contribution in [0.2, 0.25) is 0 Å². The number of nitrogens with zero attached hydrogens (tertiary/aromatic N) is 3. The van der Waals surface area contributed by atoms with Gasteiger partial charge in [0.2, 0.25) is 0 Å². The molecule has 0 fully saturated rings. The first-order valence-electron chi connectivity index (χ1n) is 13.5. The average molecular weight is 516 g/mol. The molecule has 5 aromatic carbocycles. The van der Waals surface area contributed by atoms with Gasteiger partial charge in [0.1, 0.15) is 11.2 Å². The summed E-state index contributed by atoms with van der Waals surface area (Å²) >= 11 is 0. The Morgan fingerprint density at radius 1 is 0.525 bits per heavy atom. The van der Waals surface area contributed by atoms with E-state index in [1.807, 2.05) is 72.8 Å². The van der Waals surface area contributed by atoms with E-state index < -0.39 is 0 Å². The van der Waals surface area contributed by atoms with Crippen molar-refractivity contribution in [3.63, 3.8) is 0 Å². The Hall–Kier alpha value is -5.09. The Labute approximate surface area is 232 Å². The zero-order valence-electron chi connectivity index (χ0n) is 22.2. The van der Waals surface area contributed by atoms with Crippen LogP contribution in [-0.2, 0) is 5.41 Å². The Balaban J connectivity index is 1.33. The molecule has 0 spiro atoms. The molecule has 0 radical (unpaired) electrons. The minimum Gasteiger partial charge on any atom is -0.456 e. The predicted octanol–water partition coefficient (Wildman–Crippen LogP) is 9.08. The minimum absolute atomic E-state index is 0.232. The van der Waals surface area contributed by atoms with Gasteiger partial charge in [-0.05, 0) is 40.5 Å². The first kappa shape index (κ1) is 22.9. The third-order valence-corrected chi connectivity index (χ3v) is 8.11. The van der Waals surface area contributed by atoms with Crippen LogP contribution < -0.4 is 0 Å². The Bertz CT molecular complexity index is 2020. The van der Waals surface area contributed by atoms with Gasteiger partial charge in [-0.15, -0.1) is 0 Å². The van der Waals surface area contributed by atoms with Gasteiger partial charge in [-0.3, -0.25) is 0 Å². The second-order valence-corrected chi connectivity index (χ2v) is 10.9. The SMILES string of the molecule is CC1(C)c2cc(-c3nc(-c4ccccc4)nc(-c4ccccc4)n3)ccc2-c2ccc3oc4ccccc4c3c21. The van der Waals surface area contributed by atoms with Gasteiger partial charge >= 0.3 is 0 Å². The zero-order chi connectivity index (χ0) is 26.8. The standard InChI is InChI=1S/C36H25N3O/c1-36(2)28-21-24(17-18-25(28)26-19-20-30-31(32(26)36)27-15-9-10-16-29(27)40-30)35-38-33(22-11-5-3-6-12-22)37-34(39-35)23-13-7-4-8-14-23/h3-21H,1-2H3. The summed E-state index contributed by atoms with van der Waals surface area (Å²) in [5, 5.41) is 2.36. The van der Waals surface area contributed by atoms with E-state index in [-0.39, 0.29) is 5.41 Å². The van der Waals surface area contributed by atoms with Crippen molar-refractivity contribution < 1.29 is 4.42 Å². The van der Waals surface area contributed by atoms with Crippen molar-refractivity contribution in [1.82, 2.24) is 15.0 Å². The van der Waals surface area contributed by atoms with Crippen LogP contribution in [0.1, 0.15) is 25.0 Å². The van der Waals surface area contributed by atoms with E-state index in [4.69, 9.17) is 19.4 Å². The topological polar surface area (TPSA) is 51.8 Å². The second kappa shape index (κ2) is 8.45. The van der Waals surface area contributed by atoms with E-state index in [1.54, 1.807) is 0 Å². The molecule has 0 saturated carbocycles. The van der Waals surface area contributed by atoms with Gasteiger partial charge in [-0.1, -0.05) is 111 Å². The van der Waals surface area contributed by atoms with Gasteiger partial charge in [0.15, 0.2) is 17.5 Å². The summed E-state index contributed by atoms with van der Waals surface area (Å²) in [6.07, 6.45) is 0. The predicted molar refractivity (Wildman–Crippen MR) is 161 cm³/mol. The van der Waals surface area contributed by atoms with Crippen LogP contribution in [0.3, 0.4) is 0 Å². The molecule has 2 aromatic heterocycles. The molecule has 1 aliphatic carbocycles. The maximum atomic E-state index is 6.25. The van der Waals surface area contributed by atoms with Crippen LogP contribution in [-0.4, -0.2) is 15.0 Å². The molecule has 4 nitrogen and oxygen atoms in total. The summed E-state index contributed by atoms with van der Waals surface area (Å²) in [6, 6.07) is 39.5. The molecule has 8 rings (SSSR count). The molecule has 0 unspecified atom stereocenters. The van der Waals surface area contributed by atoms with Crippen molar-refractivity contribution in [2.75, 3.05) is 0 Å². The van der Waals surface area contributed by atoms with Gasteiger partial charge in [0.05, 0.1) is 0 Å². The molecule has 0 atom stereocenters. The van der Waals surface area contributed by atoms with Crippen LogP contribution in [0, 0.1) is 0 Å². The number of rotatable bonds is 3. The van der Waals surface area contributed by atoms with Gasteiger partial charge in [-0.25, -0.2) is 15.0 Å². The molecule has 0 amide bonds. The molecule has 4 heteroatoms. The summed E-state index contributed by atoms with van der Waals surface area (Å²) in [7, 11) is 0. The van der Waals surface area contributed by atoms with Crippen molar-refractivity contribution in [1.29, 1.82) is 0 Å². The Morgan fingerprint density at radius 3 is 1.77 bits per heavy atom. The van der Waals surface area contributed by atoms with E-state index in [2.05, 4.69) is 56.3 Å². The fourth-order valence-corrected chi connectivity index (χ4v) is 6.20. The molecule has 2 heterocycles. The monoisotopic (exact) mass is 515 g/mol. The number of para-hydroxylation sites is 1. The second-order valence-electron chi connectivity index (χ2n) is 10.9. The number of fused-ring (bicyclic) bond motifs is 7. The molecule has 40 heavy (non-hydrogen) atoms. The smallest absolute Gasteiger partial charge is 0.164 e. The van der Waals surface area contributed by atoms with Crippen LogP contribution in [0.5, 0.6) is 0 Å². The lowest BCUT2D eigenvalue weighted by atomic mass is 9.80. The number of furan rings is 1. The largest absolute Gasteiger partial charge is 0.456 e. The average Bonchev–Trinajstić information content (AvgIpc) is 3.49. The van der Waals surface area contributed by atoms with Crippen LogP contribution in [0.4, 0.5) is 0 Å². The van der Waals surface area contributed by atoms with E-state index in [1.165, 1.54) is 27.6 Å². The fraction of sp³-hybridized carbons (Fsp3) is 0.0833. The number of hydrogen-bond donors (Lipinski definition) is 0. The third kappa shape index (κ3) is 3.36. The van der Waals surface area contributed by atoms with E-state index in [0.29, 0.717) is 17.5 Å². The first-order chi connectivity index (χ1) is 19.6. The maximum absolute atomic E-state index is 6.25. The number of benzene rings is 5. The lowest BCUT2D eigenvalue weighted by molar-refractivity contribution is 0.657. The molecule has 190 valence electrons. The molecule has 0 bridgehead atoms. The Morgan fingerprint density at radius 2 is 1.10 bits per heavy atom. The van der Waals surface area contributed by atoms with Gasteiger partial charge in [-0.2, -0.15) is 0 Å². The van der Waals surface area contributed by atoms with Gasteiger partial charge in [0, 0.05) is 32.9 Å². The van der Waals surface area contributed by atoms with Gasteiger partial charge in [0.25, 0.3) is 0 Å². The summed E-state index contributed by atoms with van der Waals surface area (Å²) in [5.41, 5.74) is 9.61. The van der Waals surface area contributed by atoms with E-state index in [0.717, 1.165) is 33.2 Å². The molecular weight excluding hydrogens is 490 g/mol. The Kier molecular flexibility index (Phi) is 4.83. The van der Waals surface area contributed by atoms with Gasteiger partial charge < -0.3 is 4.42 Å². The molecular formula is C36H25N3O. The lowest BCUT2D eigenvalue weighted by Gasteiger charge is -2.22. The van der Waals surface area contributed by atoms with E-state index in [9.17, 15) is 0 Å². The summed E-state index contributed by atoms with van der Waals surface area (Å²) < 4.78 is 6.25. The lowest BCUT2D eigenvalue weighted by Crippen LogP contribution is -2.15. The normalized spacial score (nSPS) is 13.4. The van der Waals surface area contributed by atoms with Crippen molar-refractivity contribution in [3.8, 4) is 45.3 Å². The summed E-state index contributed by atoms with van der Waals surface area (Å²) in [4.78, 5) is 14.8. The molecule has 0 aliphatic heterocycles. The highest BCUT2D eigenvalue weighted by molar-refractivity contribution is 6.11. The van der Waals surface area contributed by atoms with Crippen LogP contribution in [0.25, 0.3) is 67.2 Å². The van der Waals surface area contributed by atoms with Crippen molar-refractivity contribution in [2.24, 2.45) is 0 Å². The molecule has 7 aromatic rings. The van der Waals surface area contributed by atoms with Crippen LogP contribution in [0.15, 0.2) is 120 Å². The number of aromatic nitrogens is 3. The minimum atomic E-state index is -0.232. The highest BCUT2D eigenvalue weighted by Gasteiger charge is 2.38. The third-order valence-electron chi connectivity index (χ3n) is 8.11. The quantitative estimate of drug-likeness (QED) is 0.235. The molecule has 0 N–H and O–H groups in total. The molecule has 1 aliphatic rings. The van der Waals surface area contributed by atoms with Crippen molar-refractivity contribution in [3.05, 3.63) is 126 Å². The number of hydrogen-bond acceptors (Lipinski definition) is 4. The summed E-state index contributed by atoms with van der Waals surface area (Å²) in [5.74, 6) is 2.00. The van der Waals surface area contributed by atoms with E-state index >= 15 is 0 Å². The summed E-state index contributed by atoms with van der Waals surface area (Å²) in [6.45, 7) is 4.61. The first-order valence-corrected chi connectivity index (χ1v) is 13.5. The maximum Gasteiger partial charge on any atom is 0.164 e. The van der Waals surface area contributed by atoms with Crippen molar-refractivity contribution in [2.45, 2.75) is 19.3 Å². The van der Waals surface area contributed by atoms with Crippen LogP contribution >= 0.6 is 0 Å². The zero-order valence-corrected chi connectivity index (χ0v) is 22.2. The highest BCUT2D eigenvalue weighted by atomic mass is 16.3. The highest BCUT2D eigenvalue weighted by Crippen LogP contribution is 2.53. The van der Waals surface area contributed by atoms with Crippen molar-refractivity contribution >= 4 is 21.9 Å².